The first kappa shape index (κ1) is 23.9. The Kier molecular flexibility index (Phi) is 7.22. The molecule has 1 amide bonds. The van der Waals surface area contributed by atoms with E-state index in [2.05, 4.69) is 46.1 Å². The van der Waals surface area contributed by atoms with Crippen LogP contribution in [0.4, 0.5) is 5.95 Å². The van der Waals surface area contributed by atoms with Crippen LogP contribution in [0.3, 0.4) is 0 Å². The summed E-state index contributed by atoms with van der Waals surface area (Å²) in [5.74, 6) is 1.69. The van der Waals surface area contributed by atoms with Crippen LogP contribution in [0.5, 0.6) is 0 Å². The van der Waals surface area contributed by atoms with Crippen molar-refractivity contribution in [1.82, 2.24) is 40.0 Å². The van der Waals surface area contributed by atoms with Crippen molar-refractivity contribution in [2.45, 2.75) is 45.6 Å². The second-order valence-electron chi connectivity index (χ2n) is 9.58. The smallest absolute Gasteiger partial charge is 0.227 e. The van der Waals surface area contributed by atoms with Crippen LogP contribution in [-0.2, 0) is 17.8 Å². The average Bonchev–Trinajstić information content (AvgIpc) is 3.57. The van der Waals surface area contributed by atoms with E-state index < -0.39 is 0 Å². The number of carbonyl (C=O) groups excluding carboxylic acids is 1. The lowest BCUT2D eigenvalue weighted by molar-refractivity contribution is -0.120. The molecule has 0 saturated carbocycles. The van der Waals surface area contributed by atoms with Gasteiger partial charge in [-0.05, 0) is 55.5 Å². The first-order chi connectivity index (χ1) is 17.6. The zero-order valence-electron chi connectivity index (χ0n) is 20.8. The maximum absolute atomic E-state index is 12.8. The van der Waals surface area contributed by atoms with Crippen molar-refractivity contribution >= 4 is 17.5 Å². The van der Waals surface area contributed by atoms with Crippen molar-refractivity contribution in [2.24, 2.45) is 5.92 Å². The minimum absolute atomic E-state index is 0.0643. The van der Waals surface area contributed by atoms with Crippen molar-refractivity contribution in [1.29, 1.82) is 0 Å². The predicted molar refractivity (Wildman–Crippen MR) is 138 cm³/mol. The average molecular weight is 488 g/mol. The molecule has 4 aromatic rings. The van der Waals surface area contributed by atoms with Gasteiger partial charge in [0.05, 0.1) is 18.3 Å². The molecule has 1 aliphatic heterocycles. The molecular formula is C26H33N9O. The van der Waals surface area contributed by atoms with Gasteiger partial charge in [0.15, 0.2) is 5.65 Å². The van der Waals surface area contributed by atoms with Gasteiger partial charge >= 0.3 is 0 Å². The monoisotopic (exact) mass is 487 g/mol. The van der Waals surface area contributed by atoms with E-state index in [9.17, 15) is 4.79 Å². The van der Waals surface area contributed by atoms with E-state index in [4.69, 9.17) is 9.97 Å². The lowest BCUT2D eigenvalue weighted by Gasteiger charge is -2.22. The number of hydrogen-bond acceptors (Lipinski definition) is 7. The Morgan fingerprint density at radius 2 is 2.08 bits per heavy atom. The summed E-state index contributed by atoms with van der Waals surface area (Å²) in [5.41, 5.74) is 3.79. The highest BCUT2D eigenvalue weighted by atomic mass is 16.1. The molecule has 0 bridgehead atoms. The van der Waals surface area contributed by atoms with E-state index >= 15 is 0 Å². The van der Waals surface area contributed by atoms with Crippen molar-refractivity contribution in [3.05, 3.63) is 65.9 Å². The van der Waals surface area contributed by atoms with Gasteiger partial charge in [0, 0.05) is 31.0 Å². The third kappa shape index (κ3) is 5.38. The van der Waals surface area contributed by atoms with Crippen LogP contribution in [0.2, 0.25) is 0 Å². The van der Waals surface area contributed by atoms with Crippen LogP contribution >= 0.6 is 0 Å². The zero-order chi connectivity index (χ0) is 24.9. The van der Waals surface area contributed by atoms with E-state index in [1.807, 2.05) is 41.3 Å². The number of nitrogens with one attached hydrogen (secondary N) is 3. The second kappa shape index (κ2) is 10.9. The van der Waals surface area contributed by atoms with E-state index in [0.29, 0.717) is 30.8 Å². The van der Waals surface area contributed by atoms with Crippen LogP contribution in [0.1, 0.15) is 49.6 Å². The van der Waals surface area contributed by atoms with E-state index in [1.165, 1.54) is 0 Å². The standard InChI is InChI=1S/C26H33N9O/c1-18(2)21-17-31-35-25(21)32-23(13-24(36)28-15-19-7-5-10-27-14-19)33-26(35)29-16-20-8-3-4-9-22(20)34-12-6-11-30-34/h3-4,6,8-9,11-12,17-19,27H,5,7,10,13-16H2,1-2H3,(H,28,36)(H,29,32,33). The van der Waals surface area contributed by atoms with Gasteiger partial charge in [-0.3, -0.25) is 4.79 Å². The zero-order valence-corrected chi connectivity index (χ0v) is 20.8. The third-order valence-electron chi connectivity index (χ3n) is 6.55. The molecule has 3 N–H and O–H groups in total. The normalized spacial score (nSPS) is 15.9. The van der Waals surface area contributed by atoms with Gasteiger partial charge in [0.25, 0.3) is 0 Å². The fraction of sp³-hybridized carbons (Fsp3) is 0.423. The Labute approximate surface area is 210 Å². The van der Waals surface area contributed by atoms with Gasteiger partial charge in [0.2, 0.25) is 11.9 Å². The number of nitrogens with zero attached hydrogens (tertiary/aromatic N) is 6. The third-order valence-corrected chi connectivity index (χ3v) is 6.55. The van der Waals surface area contributed by atoms with Crippen LogP contribution in [0, 0.1) is 5.92 Å². The quantitative estimate of drug-likeness (QED) is 0.333. The summed E-state index contributed by atoms with van der Waals surface area (Å²) in [6, 6.07) is 9.98. The molecule has 1 aromatic carbocycles. The number of para-hydroxylation sites is 1. The molecule has 1 saturated heterocycles. The molecule has 188 valence electrons. The largest absolute Gasteiger partial charge is 0.355 e. The lowest BCUT2D eigenvalue weighted by atomic mass is 10.00. The summed E-state index contributed by atoms with van der Waals surface area (Å²) in [7, 11) is 0. The molecule has 3 aromatic heterocycles. The highest BCUT2D eigenvalue weighted by Gasteiger charge is 2.18. The predicted octanol–water partition coefficient (Wildman–Crippen LogP) is 2.70. The van der Waals surface area contributed by atoms with Crippen molar-refractivity contribution in [3.63, 3.8) is 0 Å². The van der Waals surface area contributed by atoms with Gasteiger partial charge < -0.3 is 16.0 Å². The summed E-state index contributed by atoms with van der Waals surface area (Å²) in [5, 5.41) is 18.8. The molecule has 0 aliphatic carbocycles. The summed E-state index contributed by atoms with van der Waals surface area (Å²) >= 11 is 0. The number of hydrogen-bond donors (Lipinski definition) is 3. The van der Waals surface area contributed by atoms with Crippen LogP contribution in [-0.4, -0.2) is 54.9 Å². The molecule has 10 nitrogen and oxygen atoms in total. The molecule has 36 heavy (non-hydrogen) atoms. The number of benzene rings is 1. The molecule has 1 unspecified atom stereocenters. The highest BCUT2D eigenvalue weighted by molar-refractivity contribution is 5.78. The fourth-order valence-corrected chi connectivity index (χ4v) is 4.57. The van der Waals surface area contributed by atoms with E-state index in [1.54, 1.807) is 10.7 Å². The maximum Gasteiger partial charge on any atom is 0.227 e. The fourth-order valence-electron chi connectivity index (χ4n) is 4.57. The summed E-state index contributed by atoms with van der Waals surface area (Å²) < 4.78 is 3.57. The number of aromatic nitrogens is 6. The van der Waals surface area contributed by atoms with Gasteiger partial charge in [-0.2, -0.15) is 19.7 Å². The summed E-state index contributed by atoms with van der Waals surface area (Å²) in [6.45, 7) is 7.41. The molecule has 1 aliphatic rings. The minimum Gasteiger partial charge on any atom is -0.355 e. The first-order valence-electron chi connectivity index (χ1n) is 12.6. The van der Waals surface area contributed by atoms with Gasteiger partial charge in [-0.1, -0.05) is 32.0 Å². The Bertz CT molecular complexity index is 1310. The molecule has 5 rings (SSSR count). The summed E-state index contributed by atoms with van der Waals surface area (Å²) in [4.78, 5) is 22.2. The minimum atomic E-state index is -0.0643. The van der Waals surface area contributed by atoms with Gasteiger partial charge in [-0.25, -0.2) is 9.67 Å². The molecular weight excluding hydrogens is 454 g/mol. The van der Waals surface area contributed by atoms with Crippen LogP contribution in [0.15, 0.2) is 48.9 Å². The molecule has 0 spiro atoms. The number of anilines is 1. The molecule has 1 fully saturated rings. The van der Waals surface area contributed by atoms with Gasteiger partial charge in [0.1, 0.15) is 5.82 Å². The number of piperidine rings is 1. The molecule has 0 radical (unpaired) electrons. The van der Waals surface area contributed by atoms with Crippen LogP contribution in [0.25, 0.3) is 11.3 Å². The first-order valence-corrected chi connectivity index (χ1v) is 12.6. The van der Waals surface area contributed by atoms with Gasteiger partial charge in [-0.15, -0.1) is 0 Å². The number of rotatable bonds is 9. The number of amides is 1. The lowest BCUT2D eigenvalue weighted by Crippen LogP contribution is -2.38. The number of carbonyl (C=O) groups is 1. The maximum atomic E-state index is 12.8. The highest BCUT2D eigenvalue weighted by Crippen LogP contribution is 2.22. The van der Waals surface area contributed by atoms with Crippen molar-refractivity contribution in [3.8, 4) is 5.69 Å². The van der Waals surface area contributed by atoms with Crippen molar-refractivity contribution in [2.75, 3.05) is 25.0 Å². The Morgan fingerprint density at radius 3 is 2.86 bits per heavy atom. The van der Waals surface area contributed by atoms with E-state index in [0.717, 1.165) is 48.4 Å². The summed E-state index contributed by atoms with van der Waals surface area (Å²) in [6.07, 6.45) is 7.92. The van der Waals surface area contributed by atoms with E-state index in [-0.39, 0.29) is 18.2 Å². The topological polar surface area (TPSA) is 114 Å². The number of fused-ring (bicyclic) bond motifs is 1. The molecule has 4 heterocycles. The Morgan fingerprint density at radius 1 is 1.19 bits per heavy atom. The Hall–Kier alpha value is -3.79. The molecule has 1 atom stereocenters. The SMILES string of the molecule is CC(C)c1cnn2c(NCc3ccccc3-n3cccn3)nc(CC(=O)NCC3CCCNC3)nc12. The van der Waals surface area contributed by atoms with Crippen LogP contribution < -0.4 is 16.0 Å². The molecule has 10 heteroatoms. The van der Waals surface area contributed by atoms with Crippen molar-refractivity contribution < 1.29 is 4.79 Å². The Balaban J connectivity index is 1.37. The second-order valence-corrected chi connectivity index (χ2v) is 9.58.